The maximum atomic E-state index is 11.8. The van der Waals surface area contributed by atoms with E-state index >= 15 is 0 Å². The van der Waals surface area contributed by atoms with Crippen molar-refractivity contribution in [3.05, 3.63) is 35.9 Å². The Hall–Kier alpha value is -0.530. The van der Waals surface area contributed by atoms with Gasteiger partial charge in [-0.2, -0.15) is 0 Å². The number of rotatable bonds is 3. The van der Waals surface area contributed by atoms with Gasteiger partial charge in [0.05, 0.1) is 0 Å². The molecule has 1 fully saturated rings. The summed E-state index contributed by atoms with van der Waals surface area (Å²) in [6.07, 6.45) is 5.47. The van der Waals surface area contributed by atoms with Gasteiger partial charge >= 0.3 is 0 Å². The second-order valence-corrected chi connectivity index (χ2v) is 5.63. The van der Waals surface area contributed by atoms with E-state index in [1.807, 2.05) is 30.3 Å². The molecule has 1 nitrogen and oxygen atoms in total. The summed E-state index contributed by atoms with van der Waals surface area (Å²) in [6, 6.07) is 9.49. The topological polar surface area (TPSA) is 17.1 Å². The smallest absolute Gasteiger partial charge is 0.247 e. The Labute approximate surface area is 112 Å². The van der Waals surface area contributed by atoms with E-state index in [4.69, 9.17) is 23.2 Å². The summed E-state index contributed by atoms with van der Waals surface area (Å²) < 4.78 is 0. The largest absolute Gasteiger partial charge is 0.279 e. The third-order valence-corrected chi connectivity index (χ3v) is 4.74. The van der Waals surface area contributed by atoms with Gasteiger partial charge in [-0.3, -0.25) is 4.79 Å². The van der Waals surface area contributed by atoms with Crippen molar-refractivity contribution in [1.29, 1.82) is 0 Å². The highest BCUT2D eigenvalue weighted by Gasteiger charge is 2.44. The monoisotopic (exact) mass is 270 g/mol. The van der Waals surface area contributed by atoms with Gasteiger partial charge in [-0.05, 0) is 35.9 Å². The molecular formula is C14H16Cl2O. The molecule has 1 aliphatic rings. The van der Waals surface area contributed by atoms with Crippen LogP contribution in [0.5, 0.6) is 0 Å². The van der Waals surface area contributed by atoms with Crippen molar-refractivity contribution in [1.82, 2.24) is 0 Å². The summed E-state index contributed by atoms with van der Waals surface area (Å²) >= 11 is 12.4. The van der Waals surface area contributed by atoms with E-state index in [2.05, 4.69) is 0 Å². The summed E-state index contributed by atoms with van der Waals surface area (Å²) in [5.41, 5.74) is 0.827. The van der Waals surface area contributed by atoms with E-state index in [1.165, 1.54) is 6.42 Å². The van der Waals surface area contributed by atoms with Crippen molar-refractivity contribution in [2.75, 3.05) is 0 Å². The predicted octanol–water partition coefficient (Wildman–Crippen LogP) is 4.47. The highest BCUT2D eigenvalue weighted by Crippen LogP contribution is 2.45. The van der Waals surface area contributed by atoms with Gasteiger partial charge in [0.15, 0.2) is 0 Å². The number of hydrogen-bond donors (Lipinski definition) is 0. The van der Waals surface area contributed by atoms with Gasteiger partial charge < -0.3 is 0 Å². The van der Waals surface area contributed by atoms with Gasteiger partial charge in [-0.25, -0.2) is 0 Å². The minimum absolute atomic E-state index is 0.158. The summed E-state index contributed by atoms with van der Waals surface area (Å²) in [5.74, 6) is 0.158. The van der Waals surface area contributed by atoms with Gasteiger partial charge in [0.2, 0.25) is 5.24 Å². The van der Waals surface area contributed by atoms with Crippen LogP contribution in [0.4, 0.5) is 0 Å². The van der Waals surface area contributed by atoms with Gasteiger partial charge in [0, 0.05) is 0 Å². The molecule has 0 aliphatic heterocycles. The zero-order chi connectivity index (χ0) is 12.3. The maximum Gasteiger partial charge on any atom is 0.247 e. The Bertz CT molecular complexity index is 384. The standard InChI is InChI=1S/C14H16Cl2O/c15-13(17)14(16,11-7-3-1-4-8-11)12-9-5-2-6-10-12/h1,3-4,7-8,12H,2,5-6,9-10H2/t14-/m0/s1. The van der Waals surface area contributed by atoms with E-state index < -0.39 is 10.1 Å². The van der Waals surface area contributed by atoms with Crippen molar-refractivity contribution in [2.24, 2.45) is 5.92 Å². The average molecular weight is 271 g/mol. The summed E-state index contributed by atoms with van der Waals surface area (Å²) in [7, 11) is 0. The molecule has 17 heavy (non-hydrogen) atoms. The average Bonchev–Trinajstić information content (AvgIpc) is 2.39. The lowest BCUT2D eigenvalue weighted by atomic mass is 9.76. The lowest BCUT2D eigenvalue weighted by molar-refractivity contribution is -0.115. The molecule has 3 heteroatoms. The maximum absolute atomic E-state index is 11.8. The van der Waals surface area contributed by atoms with E-state index in [1.54, 1.807) is 0 Å². The molecule has 0 bridgehead atoms. The van der Waals surface area contributed by atoms with E-state index in [9.17, 15) is 4.79 Å². The molecule has 0 unspecified atom stereocenters. The third-order valence-electron chi connectivity index (χ3n) is 3.65. The van der Waals surface area contributed by atoms with E-state index in [0.29, 0.717) is 0 Å². The van der Waals surface area contributed by atoms with E-state index in [0.717, 1.165) is 31.2 Å². The van der Waals surface area contributed by atoms with Crippen molar-refractivity contribution < 1.29 is 4.79 Å². The van der Waals surface area contributed by atoms with Crippen LogP contribution in [0.2, 0.25) is 0 Å². The minimum atomic E-state index is -1.04. The molecule has 1 atom stereocenters. The number of halogens is 2. The molecule has 1 aromatic carbocycles. The number of carbonyl (C=O) groups excluding carboxylic acids is 1. The molecular weight excluding hydrogens is 255 g/mol. The molecule has 0 spiro atoms. The molecule has 0 heterocycles. The van der Waals surface area contributed by atoms with Crippen LogP contribution in [-0.2, 0) is 9.67 Å². The molecule has 0 N–H and O–H groups in total. The summed E-state index contributed by atoms with van der Waals surface area (Å²) in [6.45, 7) is 0. The van der Waals surface area contributed by atoms with Crippen LogP contribution in [-0.4, -0.2) is 5.24 Å². The van der Waals surface area contributed by atoms with Crippen LogP contribution in [0.25, 0.3) is 0 Å². The zero-order valence-corrected chi connectivity index (χ0v) is 11.2. The van der Waals surface area contributed by atoms with Crippen molar-refractivity contribution in [3.8, 4) is 0 Å². The molecule has 2 rings (SSSR count). The first-order valence-electron chi connectivity index (χ1n) is 6.10. The fourth-order valence-corrected chi connectivity index (χ4v) is 3.30. The summed E-state index contributed by atoms with van der Waals surface area (Å²) in [4.78, 5) is 10.8. The highest BCUT2D eigenvalue weighted by molar-refractivity contribution is 6.70. The normalized spacial score (nSPS) is 20.8. The molecule has 1 saturated carbocycles. The second-order valence-electron chi connectivity index (χ2n) is 4.69. The van der Waals surface area contributed by atoms with Crippen LogP contribution in [0, 0.1) is 5.92 Å². The minimum Gasteiger partial charge on any atom is -0.279 e. The van der Waals surface area contributed by atoms with Crippen molar-refractivity contribution >= 4 is 28.4 Å². The van der Waals surface area contributed by atoms with E-state index in [-0.39, 0.29) is 5.92 Å². The molecule has 1 aromatic rings. The molecule has 92 valence electrons. The number of benzene rings is 1. The van der Waals surface area contributed by atoms with Crippen LogP contribution < -0.4 is 0 Å². The van der Waals surface area contributed by atoms with Crippen LogP contribution in [0.3, 0.4) is 0 Å². The fourth-order valence-electron chi connectivity index (χ4n) is 2.69. The van der Waals surface area contributed by atoms with Gasteiger partial charge in [0.1, 0.15) is 4.87 Å². The lowest BCUT2D eigenvalue weighted by Gasteiger charge is -2.35. The first-order valence-corrected chi connectivity index (χ1v) is 6.85. The molecule has 0 radical (unpaired) electrons. The summed E-state index contributed by atoms with van der Waals surface area (Å²) in [5, 5.41) is -0.447. The zero-order valence-electron chi connectivity index (χ0n) is 9.66. The van der Waals surface area contributed by atoms with Crippen LogP contribution >= 0.6 is 23.2 Å². The first-order chi connectivity index (χ1) is 8.15. The second kappa shape index (κ2) is 5.41. The molecule has 0 aromatic heterocycles. The Kier molecular flexibility index (Phi) is 4.11. The SMILES string of the molecule is O=C(Cl)[C@](Cl)(c1ccccc1)C1CCCCC1. The van der Waals surface area contributed by atoms with Crippen LogP contribution in [0.15, 0.2) is 30.3 Å². The lowest BCUT2D eigenvalue weighted by Crippen LogP contribution is -2.36. The van der Waals surface area contributed by atoms with Crippen molar-refractivity contribution in [3.63, 3.8) is 0 Å². The Balaban J connectivity index is 2.35. The van der Waals surface area contributed by atoms with Gasteiger partial charge in [-0.1, -0.05) is 49.6 Å². The predicted molar refractivity (Wildman–Crippen MR) is 71.4 cm³/mol. The number of hydrogen-bond acceptors (Lipinski definition) is 1. The Morgan fingerprint density at radius 2 is 1.71 bits per heavy atom. The highest BCUT2D eigenvalue weighted by atomic mass is 35.5. The van der Waals surface area contributed by atoms with Crippen molar-refractivity contribution in [2.45, 2.75) is 37.0 Å². The number of alkyl halides is 1. The molecule has 1 aliphatic carbocycles. The van der Waals surface area contributed by atoms with Crippen LogP contribution in [0.1, 0.15) is 37.7 Å². The molecule has 0 amide bonds. The third kappa shape index (κ3) is 2.51. The molecule has 0 saturated heterocycles. The Morgan fingerprint density at radius 1 is 1.12 bits per heavy atom. The first kappa shape index (κ1) is 12.9. The quantitative estimate of drug-likeness (QED) is 0.585. The number of carbonyl (C=O) groups is 1. The fraction of sp³-hybridized carbons (Fsp3) is 0.500. The van der Waals surface area contributed by atoms with Gasteiger partial charge in [-0.15, -0.1) is 11.6 Å². The Morgan fingerprint density at radius 3 is 2.24 bits per heavy atom. The van der Waals surface area contributed by atoms with Gasteiger partial charge in [0.25, 0.3) is 0 Å².